The van der Waals surface area contributed by atoms with Crippen LogP contribution in [-0.2, 0) is 0 Å². The van der Waals surface area contributed by atoms with Gasteiger partial charge in [0.15, 0.2) is 0 Å². The number of methoxy groups -OCH3 is 5. The maximum atomic E-state index is 11.3. The summed E-state index contributed by atoms with van der Waals surface area (Å²) in [7, 11) is 7.96. The van der Waals surface area contributed by atoms with Gasteiger partial charge in [0.05, 0.1) is 65.7 Å². The highest BCUT2D eigenvalue weighted by molar-refractivity contribution is 7.80. The van der Waals surface area contributed by atoms with Gasteiger partial charge >= 0.3 is 0 Å². The number of amidine groups is 1. The fourth-order valence-corrected chi connectivity index (χ4v) is 7.48. The lowest BCUT2D eigenvalue weighted by molar-refractivity contribution is 0.202. The highest BCUT2D eigenvalue weighted by atomic mass is 32.1. The summed E-state index contributed by atoms with van der Waals surface area (Å²) in [4.78, 5) is 11.3. The van der Waals surface area contributed by atoms with Crippen LogP contribution >= 0.6 is 12.2 Å². The Balaban J connectivity index is 1.55. The van der Waals surface area contributed by atoms with Gasteiger partial charge in [0, 0.05) is 36.7 Å². The van der Waals surface area contributed by atoms with Gasteiger partial charge in [-0.05, 0) is 30.3 Å². The first-order valence-electron chi connectivity index (χ1n) is 14.6. The van der Waals surface area contributed by atoms with Crippen LogP contribution in [0.25, 0.3) is 0 Å². The SMILES string of the molecule is COc1ccc(N2CN=C3N(C2)C(=S)[C@@]2(C#N)CN(c4ccc(OC)cc4OC)C[C@@]3(C#N)[C@H]2c2ccccc2OC)c(OC)c1. The number of nitrogens with zero attached hydrogens (tertiary/aromatic N) is 6. The van der Waals surface area contributed by atoms with E-state index in [2.05, 4.69) is 12.1 Å². The van der Waals surface area contributed by atoms with Crippen LogP contribution in [0.4, 0.5) is 11.4 Å². The van der Waals surface area contributed by atoms with E-state index in [0.29, 0.717) is 39.6 Å². The molecular formula is C34H34N6O5S. The van der Waals surface area contributed by atoms with Crippen molar-refractivity contribution >= 4 is 34.4 Å². The third kappa shape index (κ3) is 4.52. The molecule has 3 atom stereocenters. The highest BCUT2D eigenvalue weighted by Crippen LogP contribution is 2.60. The molecule has 46 heavy (non-hydrogen) atoms. The summed E-state index contributed by atoms with van der Waals surface area (Å²) in [5.41, 5.74) is -0.398. The normalized spacial score (nSPS) is 23.4. The molecule has 12 heteroatoms. The number of ether oxygens (including phenoxy) is 5. The summed E-state index contributed by atoms with van der Waals surface area (Å²) in [6.45, 7) is 0.942. The summed E-state index contributed by atoms with van der Waals surface area (Å²) in [6.07, 6.45) is 0. The predicted octanol–water partition coefficient (Wildman–Crippen LogP) is 4.83. The lowest BCUT2D eigenvalue weighted by Crippen LogP contribution is -2.73. The van der Waals surface area contributed by atoms with Crippen molar-refractivity contribution in [2.24, 2.45) is 15.8 Å². The van der Waals surface area contributed by atoms with Crippen molar-refractivity contribution in [3.8, 4) is 40.9 Å². The van der Waals surface area contributed by atoms with Crippen LogP contribution in [0, 0.1) is 33.5 Å². The summed E-state index contributed by atoms with van der Waals surface area (Å²) < 4.78 is 28.1. The van der Waals surface area contributed by atoms with Gasteiger partial charge in [0.25, 0.3) is 0 Å². The third-order valence-corrected chi connectivity index (χ3v) is 9.74. The smallest absolute Gasteiger partial charge is 0.145 e. The lowest BCUT2D eigenvalue weighted by Gasteiger charge is -2.61. The number of aliphatic imine (C=N–C) groups is 1. The number of fused-ring (bicyclic) bond motifs is 4. The second kappa shape index (κ2) is 12.0. The van der Waals surface area contributed by atoms with Gasteiger partial charge in [-0.25, -0.2) is 4.99 Å². The molecule has 3 heterocycles. The van der Waals surface area contributed by atoms with Gasteiger partial charge in [-0.15, -0.1) is 0 Å². The highest BCUT2D eigenvalue weighted by Gasteiger charge is 2.69. The Morgan fingerprint density at radius 2 is 1.30 bits per heavy atom. The zero-order valence-electron chi connectivity index (χ0n) is 26.3. The quantitative estimate of drug-likeness (QED) is 0.316. The summed E-state index contributed by atoms with van der Waals surface area (Å²) in [6, 6.07) is 23.9. The number of rotatable bonds is 8. The van der Waals surface area contributed by atoms with Gasteiger partial charge in [0.2, 0.25) is 0 Å². The molecule has 3 aromatic rings. The maximum absolute atomic E-state index is 11.3. The van der Waals surface area contributed by atoms with E-state index in [4.69, 9.17) is 40.9 Å². The van der Waals surface area contributed by atoms with Crippen molar-refractivity contribution in [1.82, 2.24) is 4.90 Å². The molecule has 2 fully saturated rings. The molecule has 3 aromatic carbocycles. The van der Waals surface area contributed by atoms with E-state index in [9.17, 15) is 10.5 Å². The zero-order valence-corrected chi connectivity index (χ0v) is 27.1. The maximum Gasteiger partial charge on any atom is 0.145 e. The molecule has 3 aliphatic rings. The molecule has 236 valence electrons. The van der Waals surface area contributed by atoms with E-state index in [1.165, 1.54) is 0 Å². The Labute approximate surface area is 273 Å². The second-order valence-corrected chi connectivity index (χ2v) is 11.7. The van der Waals surface area contributed by atoms with Gasteiger partial charge < -0.3 is 38.4 Å². The number of anilines is 2. The van der Waals surface area contributed by atoms with Crippen LogP contribution in [0.15, 0.2) is 65.7 Å². The van der Waals surface area contributed by atoms with Crippen LogP contribution in [0.2, 0.25) is 0 Å². The van der Waals surface area contributed by atoms with Crippen molar-refractivity contribution < 1.29 is 23.7 Å². The van der Waals surface area contributed by atoms with Crippen molar-refractivity contribution in [2.45, 2.75) is 5.92 Å². The van der Waals surface area contributed by atoms with E-state index in [1.54, 1.807) is 41.6 Å². The molecule has 6 rings (SSSR count). The van der Waals surface area contributed by atoms with Crippen LogP contribution in [0.1, 0.15) is 11.5 Å². The Kier molecular flexibility index (Phi) is 8.01. The molecule has 3 aliphatic heterocycles. The molecule has 0 N–H and O–H groups in total. The average molecular weight is 639 g/mol. The topological polar surface area (TPSA) is 116 Å². The molecule has 0 aromatic heterocycles. The molecule has 0 spiro atoms. The Morgan fingerprint density at radius 3 is 1.87 bits per heavy atom. The monoisotopic (exact) mass is 638 g/mol. The van der Waals surface area contributed by atoms with Crippen molar-refractivity contribution in [3.05, 3.63) is 66.2 Å². The zero-order chi connectivity index (χ0) is 32.6. The van der Waals surface area contributed by atoms with Crippen LogP contribution in [0.5, 0.6) is 28.7 Å². The number of nitriles is 2. The van der Waals surface area contributed by atoms with Gasteiger partial charge in [0.1, 0.15) is 57.1 Å². The molecule has 0 amide bonds. The van der Waals surface area contributed by atoms with Crippen molar-refractivity contribution in [1.29, 1.82) is 10.5 Å². The average Bonchev–Trinajstić information content (AvgIpc) is 3.12. The minimum Gasteiger partial charge on any atom is -0.497 e. The third-order valence-electron chi connectivity index (χ3n) is 9.16. The first-order chi connectivity index (χ1) is 22.3. The standard InChI is InChI=1S/C34H34N6O5S/c1-41-22-10-12-25(28(14-22)44-4)38-18-33(16-35)30(24-8-6-7-9-27(24)43-3)34(17-36,19-38)32(46)40-21-39(20-37-31(33)40)26-13-11-23(42-2)15-29(26)45-5/h6-15,30H,18-21H2,1-5H3/t30-,33+,34+/m1/s1. The van der Waals surface area contributed by atoms with Crippen molar-refractivity contribution in [3.63, 3.8) is 0 Å². The first kappa shape index (κ1) is 30.8. The van der Waals surface area contributed by atoms with Crippen molar-refractivity contribution in [2.75, 3.05) is 71.8 Å². The Morgan fingerprint density at radius 1 is 0.739 bits per heavy atom. The number of piperidine rings is 2. The molecule has 0 saturated carbocycles. The minimum atomic E-state index is -1.34. The molecule has 2 bridgehead atoms. The molecule has 0 unspecified atom stereocenters. The van der Waals surface area contributed by atoms with Crippen LogP contribution in [-0.4, -0.2) is 77.7 Å². The lowest BCUT2D eigenvalue weighted by atomic mass is 9.53. The largest absolute Gasteiger partial charge is 0.497 e. The van der Waals surface area contributed by atoms with Gasteiger partial charge in [-0.3, -0.25) is 0 Å². The Hall–Kier alpha value is -5.20. The predicted molar refractivity (Wildman–Crippen MR) is 177 cm³/mol. The van der Waals surface area contributed by atoms with E-state index in [1.807, 2.05) is 69.3 Å². The second-order valence-electron chi connectivity index (χ2n) is 11.3. The first-order valence-corrected chi connectivity index (χ1v) is 15.0. The van der Waals surface area contributed by atoms with Crippen LogP contribution < -0.4 is 33.5 Å². The fraction of sp³-hybridized carbons (Fsp3) is 0.353. The summed E-state index contributed by atoms with van der Waals surface area (Å²) in [5.74, 6) is 2.88. The van der Waals surface area contributed by atoms with Gasteiger partial charge in [-0.2, -0.15) is 10.5 Å². The number of para-hydroxylation sites is 1. The van der Waals surface area contributed by atoms with E-state index in [-0.39, 0.29) is 26.4 Å². The van der Waals surface area contributed by atoms with Crippen LogP contribution in [0.3, 0.4) is 0 Å². The molecule has 11 nitrogen and oxygen atoms in total. The molecule has 2 saturated heterocycles. The minimum absolute atomic E-state index is 0.201. The summed E-state index contributed by atoms with van der Waals surface area (Å²) in [5, 5.41) is 22.6. The Bertz CT molecular complexity index is 1800. The number of hydrogen-bond acceptors (Lipinski definition) is 11. The molecule has 0 radical (unpaired) electrons. The van der Waals surface area contributed by atoms with Gasteiger partial charge in [-0.1, -0.05) is 30.4 Å². The fourth-order valence-electron chi connectivity index (χ4n) is 7.10. The molecular weight excluding hydrogens is 604 g/mol. The number of benzene rings is 3. The molecule has 0 aliphatic carbocycles. The number of thiocarbonyl (C=S) groups is 1. The van der Waals surface area contributed by atoms with E-state index >= 15 is 0 Å². The number of hydrogen-bond donors (Lipinski definition) is 0. The van der Waals surface area contributed by atoms with E-state index in [0.717, 1.165) is 16.9 Å². The summed E-state index contributed by atoms with van der Waals surface area (Å²) >= 11 is 6.30. The van der Waals surface area contributed by atoms with E-state index < -0.39 is 16.7 Å².